The Labute approximate surface area is 112 Å². The van der Waals surface area contributed by atoms with E-state index in [1.54, 1.807) is 0 Å². The molecule has 0 aliphatic carbocycles. The number of hydrogen-bond donors (Lipinski definition) is 2. The number of amides is 1. The molecule has 0 saturated heterocycles. The first-order valence-electron chi connectivity index (χ1n) is 6.08. The molecule has 20 heavy (non-hydrogen) atoms. The Hall–Kier alpha value is -2.31. The molecule has 3 rings (SSSR count). The van der Waals surface area contributed by atoms with Crippen LogP contribution in [0.4, 0.5) is 13.2 Å². The van der Waals surface area contributed by atoms with Crippen LogP contribution in [0.2, 0.25) is 0 Å². The van der Waals surface area contributed by atoms with Gasteiger partial charge in [-0.3, -0.25) is 4.79 Å². The Kier molecular flexibility index (Phi) is 2.96. The Morgan fingerprint density at radius 3 is 2.55 bits per heavy atom. The summed E-state index contributed by atoms with van der Waals surface area (Å²) in [5, 5.41) is 2.67. The number of nitrogens with zero attached hydrogens (tertiary/aromatic N) is 1. The standard InChI is InChI=1S/C13H10F3N3O/c14-7-4-6(5-8(15)10(7)16)12-18-9-2-1-3-17-13(20)11(9)19-12/h4-5H,1-3H2,(H,17,20)(H,18,19). The number of aromatic nitrogens is 2. The summed E-state index contributed by atoms with van der Waals surface area (Å²) >= 11 is 0. The highest BCUT2D eigenvalue weighted by atomic mass is 19.2. The third-order valence-electron chi connectivity index (χ3n) is 3.14. The van der Waals surface area contributed by atoms with E-state index in [2.05, 4.69) is 15.3 Å². The lowest BCUT2D eigenvalue weighted by molar-refractivity contribution is 0.0951. The molecule has 1 aliphatic heterocycles. The van der Waals surface area contributed by atoms with Gasteiger partial charge in [0.25, 0.3) is 5.91 Å². The summed E-state index contributed by atoms with van der Waals surface area (Å²) in [6.07, 6.45) is 1.35. The Bertz CT molecular complexity index is 673. The Morgan fingerprint density at radius 2 is 1.85 bits per heavy atom. The van der Waals surface area contributed by atoms with Gasteiger partial charge in [-0.2, -0.15) is 0 Å². The van der Waals surface area contributed by atoms with Gasteiger partial charge in [0.1, 0.15) is 11.5 Å². The van der Waals surface area contributed by atoms with Gasteiger partial charge in [0, 0.05) is 17.8 Å². The van der Waals surface area contributed by atoms with Crippen molar-refractivity contribution in [3.05, 3.63) is 41.0 Å². The highest BCUT2D eigenvalue weighted by molar-refractivity contribution is 5.94. The number of fused-ring (bicyclic) bond motifs is 1. The maximum Gasteiger partial charge on any atom is 0.271 e. The van der Waals surface area contributed by atoms with E-state index in [0.29, 0.717) is 18.7 Å². The summed E-state index contributed by atoms with van der Waals surface area (Å²) in [6.45, 7) is 0.554. The number of aryl methyl sites for hydroxylation is 1. The topological polar surface area (TPSA) is 57.8 Å². The van der Waals surface area contributed by atoms with Crippen molar-refractivity contribution in [2.24, 2.45) is 0 Å². The number of halogens is 3. The second kappa shape index (κ2) is 4.66. The summed E-state index contributed by atoms with van der Waals surface area (Å²) in [5.74, 6) is -4.31. The van der Waals surface area contributed by atoms with Gasteiger partial charge in [-0.25, -0.2) is 18.2 Å². The van der Waals surface area contributed by atoms with Crippen molar-refractivity contribution in [2.45, 2.75) is 12.8 Å². The Morgan fingerprint density at radius 1 is 1.15 bits per heavy atom. The number of nitrogens with one attached hydrogen (secondary N) is 2. The summed E-state index contributed by atoms with van der Waals surface area (Å²) in [6, 6.07) is 1.68. The van der Waals surface area contributed by atoms with Gasteiger partial charge in [-0.15, -0.1) is 0 Å². The summed E-state index contributed by atoms with van der Waals surface area (Å²) in [5.41, 5.74) is 0.880. The number of H-pyrrole nitrogens is 1. The molecule has 4 nitrogen and oxygen atoms in total. The van der Waals surface area contributed by atoms with Crippen molar-refractivity contribution in [1.82, 2.24) is 15.3 Å². The molecule has 1 aromatic carbocycles. The van der Waals surface area contributed by atoms with Crippen LogP contribution in [-0.2, 0) is 6.42 Å². The molecule has 0 fully saturated rings. The number of benzene rings is 1. The fourth-order valence-electron chi connectivity index (χ4n) is 2.16. The number of aromatic amines is 1. The van der Waals surface area contributed by atoms with Gasteiger partial charge in [0.05, 0.1) is 0 Å². The summed E-state index contributed by atoms with van der Waals surface area (Å²) < 4.78 is 39.4. The van der Waals surface area contributed by atoms with Gasteiger partial charge >= 0.3 is 0 Å². The number of imidazole rings is 1. The highest BCUT2D eigenvalue weighted by Crippen LogP contribution is 2.24. The normalized spacial score (nSPS) is 14.7. The lowest BCUT2D eigenvalue weighted by Gasteiger charge is -2.01. The second-order valence-electron chi connectivity index (χ2n) is 4.53. The molecule has 1 aromatic heterocycles. The van der Waals surface area contributed by atoms with Crippen molar-refractivity contribution in [3.63, 3.8) is 0 Å². The number of carbonyl (C=O) groups is 1. The van der Waals surface area contributed by atoms with Gasteiger partial charge in [-0.1, -0.05) is 0 Å². The van der Waals surface area contributed by atoms with Gasteiger partial charge < -0.3 is 10.3 Å². The first-order valence-corrected chi connectivity index (χ1v) is 6.08. The van der Waals surface area contributed by atoms with Crippen LogP contribution in [0.1, 0.15) is 22.6 Å². The molecule has 0 bridgehead atoms. The van der Waals surface area contributed by atoms with Crippen LogP contribution in [-0.4, -0.2) is 22.4 Å². The van der Waals surface area contributed by atoms with Crippen molar-refractivity contribution >= 4 is 5.91 Å². The minimum Gasteiger partial charge on any atom is -0.351 e. The van der Waals surface area contributed by atoms with Crippen LogP contribution in [0.3, 0.4) is 0 Å². The van der Waals surface area contributed by atoms with Crippen LogP contribution >= 0.6 is 0 Å². The fraction of sp³-hybridized carbons (Fsp3) is 0.231. The minimum absolute atomic E-state index is 0.0577. The van der Waals surface area contributed by atoms with Crippen LogP contribution in [0.15, 0.2) is 12.1 Å². The van der Waals surface area contributed by atoms with Crippen molar-refractivity contribution in [3.8, 4) is 11.4 Å². The van der Waals surface area contributed by atoms with Crippen molar-refractivity contribution in [2.75, 3.05) is 6.54 Å². The molecular formula is C13H10F3N3O. The number of rotatable bonds is 1. The number of hydrogen-bond acceptors (Lipinski definition) is 2. The maximum absolute atomic E-state index is 13.2. The maximum atomic E-state index is 13.2. The van der Waals surface area contributed by atoms with E-state index >= 15 is 0 Å². The third-order valence-corrected chi connectivity index (χ3v) is 3.14. The van der Waals surface area contributed by atoms with Crippen LogP contribution in [0.25, 0.3) is 11.4 Å². The summed E-state index contributed by atoms with van der Waals surface area (Å²) in [7, 11) is 0. The average molecular weight is 281 g/mol. The molecular weight excluding hydrogens is 271 g/mol. The van der Waals surface area contributed by atoms with Crippen LogP contribution < -0.4 is 5.32 Å². The monoisotopic (exact) mass is 281 g/mol. The molecule has 0 radical (unpaired) electrons. The van der Waals surface area contributed by atoms with E-state index in [9.17, 15) is 18.0 Å². The summed E-state index contributed by atoms with van der Waals surface area (Å²) in [4.78, 5) is 18.7. The molecule has 0 spiro atoms. The second-order valence-corrected chi connectivity index (χ2v) is 4.53. The fourth-order valence-corrected chi connectivity index (χ4v) is 2.16. The molecule has 0 saturated carbocycles. The predicted octanol–water partition coefficient (Wildman–Crippen LogP) is 2.17. The van der Waals surface area contributed by atoms with E-state index < -0.39 is 17.5 Å². The lowest BCUT2D eigenvalue weighted by atomic mass is 10.2. The van der Waals surface area contributed by atoms with Gasteiger partial charge in [0.2, 0.25) is 0 Å². The smallest absolute Gasteiger partial charge is 0.271 e. The molecule has 104 valence electrons. The molecule has 7 heteroatoms. The van der Waals surface area contributed by atoms with Gasteiger partial charge in [-0.05, 0) is 25.0 Å². The van der Waals surface area contributed by atoms with Crippen LogP contribution in [0, 0.1) is 17.5 Å². The first-order chi connectivity index (χ1) is 9.56. The first kappa shape index (κ1) is 12.7. The van der Waals surface area contributed by atoms with Crippen molar-refractivity contribution in [1.29, 1.82) is 0 Å². The molecule has 1 amide bonds. The molecule has 2 heterocycles. The molecule has 0 atom stereocenters. The Balaban J connectivity index is 2.08. The van der Waals surface area contributed by atoms with E-state index in [-0.39, 0.29) is 23.0 Å². The largest absolute Gasteiger partial charge is 0.351 e. The molecule has 2 N–H and O–H groups in total. The van der Waals surface area contributed by atoms with E-state index in [1.807, 2.05) is 0 Å². The third kappa shape index (κ3) is 2.04. The predicted molar refractivity (Wildman–Crippen MR) is 64.6 cm³/mol. The zero-order valence-electron chi connectivity index (χ0n) is 10.3. The van der Waals surface area contributed by atoms with E-state index in [1.165, 1.54) is 0 Å². The lowest BCUT2D eigenvalue weighted by Crippen LogP contribution is -2.23. The zero-order valence-corrected chi connectivity index (χ0v) is 10.3. The SMILES string of the molecule is O=C1NCCCc2[nH]c(-c3cc(F)c(F)c(F)c3)nc21. The van der Waals surface area contributed by atoms with E-state index in [0.717, 1.165) is 18.6 Å². The van der Waals surface area contributed by atoms with Crippen molar-refractivity contribution < 1.29 is 18.0 Å². The molecule has 2 aromatic rings. The molecule has 1 aliphatic rings. The zero-order chi connectivity index (χ0) is 14.3. The average Bonchev–Trinajstić information content (AvgIpc) is 2.77. The highest BCUT2D eigenvalue weighted by Gasteiger charge is 2.21. The van der Waals surface area contributed by atoms with Gasteiger partial charge in [0.15, 0.2) is 17.5 Å². The minimum atomic E-state index is -1.53. The van der Waals surface area contributed by atoms with Crippen LogP contribution in [0.5, 0.6) is 0 Å². The number of carbonyl (C=O) groups excluding carboxylic acids is 1. The molecule has 0 unspecified atom stereocenters. The quantitative estimate of drug-likeness (QED) is 0.787. The van der Waals surface area contributed by atoms with E-state index in [4.69, 9.17) is 0 Å².